The summed E-state index contributed by atoms with van der Waals surface area (Å²) in [6.07, 6.45) is -2.41. The number of aliphatic hydroxyl groups excluding tert-OH is 4. The topological polar surface area (TPSA) is 174 Å². The fourth-order valence-electron chi connectivity index (χ4n) is 3.86. The summed E-state index contributed by atoms with van der Waals surface area (Å²) in [4.78, 5) is 23.1. The van der Waals surface area contributed by atoms with Gasteiger partial charge in [0.15, 0.2) is 12.1 Å². The molecule has 174 valence electrons. The van der Waals surface area contributed by atoms with E-state index in [0.29, 0.717) is 11.1 Å². The molecule has 0 aromatic rings. The first kappa shape index (κ1) is 25.3. The van der Waals surface area contributed by atoms with Crippen LogP contribution >= 0.6 is 0 Å². The van der Waals surface area contributed by atoms with Gasteiger partial charge in [0.2, 0.25) is 0 Å². The second-order valence-electron chi connectivity index (χ2n) is 8.37. The third-order valence-corrected chi connectivity index (χ3v) is 5.82. The molecule has 1 fully saturated rings. The van der Waals surface area contributed by atoms with Gasteiger partial charge >= 0.3 is 5.97 Å². The average Bonchev–Trinajstić information content (AvgIpc) is 2.68. The van der Waals surface area contributed by atoms with E-state index >= 15 is 0 Å². The minimum Gasteiger partial charge on any atom is -0.478 e. The molecular weight excluding hydrogens is 412 g/mol. The highest BCUT2D eigenvalue weighted by molar-refractivity contribution is 5.93. The molecule has 2 rings (SSSR count). The Morgan fingerprint density at radius 1 is 1.29 bits per heavy atom. The van der Waals surface area contributed by atoms with E-state index in [1.807, 2.05) is 0 Å². The Kier molecular flexibility index (Phi) is 7.93. The van der Waals surface area contributed by atoms with Crippen molar-refractivity contribution in [3.05, 3.63) is 35.5 Å². The quantitative estimate of drug-likeness (QED) is 0.213. The first-order valence-electron chi connectivity index (χ1n) is 9.81. The van der Waals surface area contributed by atoms with Gasteiger partial charge in [0, 0.05) is 17.9 Å². The smallest absolute Gasteiger partial charge is 0.328 e. The van der Waals surface area contributed by atoms with Crippen molar-refractivity contribution in [2.24, 2.45) is 5.41 Å². The summed E-state index contributed by atoms with van der Waals surface area (Å²) < 4.78 is 10.9. The number of ketones is 1. The van der Waals surface area contributed by atoms with Crippen molar-refractivity contribution in [2.75, 3.05) is 13.2 Å². The summed E-state index contributed by atoms with van der Waals surface area (Å²) >= 11 is 0. The Morgan fingerprint density at radius 2 is 1.94 bits per heavy atom. The molecule has 10 nitrogen and oxygen atoms in total. The van der Waals surface area contributed by atoms with Crippen LogP contribution < -0.4 is 0 Å². The Morgan fingerprint density at radius 3 is 2.52 bits per heavy atom. The van der Waals surface area contributed by atoms with E-state index in [1.165, 1.54) is 18.2 Å². The van der Waals surface area contributed by atoms with E-state index < -0.39 is 54.3 Å². The van der Waals surface area contributed by atoms with E-state index in [1.54, 1.807) is 20.8 Å². The number of aliphatic hydroxyl groups is 5. The molecule has 0 spiro atoms. The maximum absolute atomic E-state index is 12.2. The Labute approximate surface area is 179 Å². The number of allylic oxidation sites excluding steroid dienone is 3. The zero-order valence-electron chi connectivity index (χ0n) is 17.6. The summed E-state index contributed by atoms with van der Waals surface area (Å²) in [5, 5.41) is 59.6. The number of carbonyl (C=O) groups excluding carboxylic acids is 1. The van der Waals surface area contributed by atoms with Crippen LogP contribution in [0.5, 0.6) is 0 Å². The van der Waals surface area contributed by atoms with Crippen molar-refractivity contribution in [3.8, 4) is 0 Å². The molecule has 10 heteroatoms. The highest BCUT2D eigenvalue weighted by Gasteiger charge is 2.52. The molecule has 0 aromatic heterocycles. The zero-order chi connectivity index (χ0) is 23.6. The minimum atomic E-state index is -1.69. The molecule has 0 saturated carbocycles. The van der Waals surface area contributed by atoms with Crippen LogP contribution in [0.2, 0.25) is 0 Å². The van der Waals surface area contributed by atoms with Crippen LogP contribution in [-0.4, -0.2) is 91.9 Å². The fourth-order valence-corrected chi connectivity index (χ4v) is 3.86. The molecule has 0 amide bonds. The lowest BCUT2D eigenvalue weighted by atomic mass is 9.63. The lowest BCUT2D eigenvalue weighted by Crippen LogP contribution is -2.60. The minimum absolute atomic E-state index is 0.121. The predicted octanol–water partition coefficient (Wildman–Crippen LogP) is -0.953. The number of hydrogen-bond acceptors (Lipinski definition) is 9. The summed E-state index contributed by atoms with van der Waals surface area (Å²) in [5.74, 6) is -1.40. The van der Waals surface area contributed by atoms with E-state index in [-0.39, 0.29) is 18.8 Å². The largest absolute Gasteiger partial charge is 0.478 e. The molecule has 1 saturated heterocycles. The number of carboxylic acids is 1. The van der Waals surface area contributed by atoms with Crippen molar-refractivity contribution in [3.63, 3.8) is 0 Å². The molecule has 2 unspecified atom stereocenters. The average molecular weight is 442 g/mol. The molecule has 1 aliphatic carbocycles. The number of aliphatic carboxylic acids is 1. The van der Waals surface area contributed by atoms with Gasteiger partial charge < -0.3 is 40.1 Å². The maximum atomic E-state index is 12.2. The second kappa shape index (κ2) is 9.70. The number of hydrogen-bond donors (Lipinski definition) is 6. The highest BCUT2D eigenvalue weighted by Crippen LogP contribution is 2.45. The lowest BCUT2D eigenvalue weighted by molar-refractivity contribution is -0.308. The first-order chi connectivity index (χ1) is 14.3. The summed E-state index contributed by atoms with van der Waals surface area (Å²) in [6.45, 7) is 3.78. The molecule has 7 atom stereocenters. The van der Waals surface area contributed by atoms with Gasteiger partial charge in [-0.1, -0.05) is 13.0 Å². The van der Waals surface area contributed by atoms with Gasteiger partial charge in [-0.2, -0.15) is 0 Å². The van der Waals surface area contributed by atoms with Crippen LogP contribution in [0.25, 0.3) is 0 Å². The number of carboxylic acid groups (broad SMARTS) is 1. The van der Waals surface area contributed by atoms with Gasteiger partial charge in [-0.25, -0.2) is 4.79 Å². The number of ether oxygens (including phenoxy) is 2. The van der Waals surface area contributed by atoms with E-state index in [0.717, 1.165) is 6.08 Å². The van der Waals surface area contributed by atoms with Crippen LogP contribution in [0.1, 0.15) is 27.2 Å². The molecule has 1 heterocycles. The van der Waals surface area contributed by atoms with Crippen LogP contribution in [0, 0.1) is 5.41 Å². The first-order valence-corrected chi connectivity index (χ1v) is 9.81. The molecule has 1 aliphatic heterocycles. The van der Waals surface area contributed by atoms with Gasteiger partial charge in [0.25, 0.3) is 0 Å². The van der Waals surface area contributed by atoms with Crippen molar-refractivity contribution in [1.29, 1.82) is 0 Å². The van der Waals surface area contributed by atoms with Crippen molar-refractivity contribution >= 4 is 11.8 Å². The monoisotopic (exact) mass is 442 g/mol. The standard InChI is InChI=1S/C21H30O10/c1-11(6-15(24)25)4-5-21(29)12(2)7-13(23)8-20(21,3)10-30-19-18(28)17(27)16(26)14(9-22)31-19/h4-7,14,16-19,22,26-29H,8-10H2,1-3H3,(H,24,25)/t14-,16-,17+,18-,19-,20?,21?/m1/s1. The van der Waals surface area contributed by atoms with Crippen molar-refractivity contribution in [2.45, 2.75) is 63.5 Å². The van der Waals surface area contributed by atoms with Gasteiger partial charge in [-0.15, -0.1) is 0 Å². The predicted molar refractivity (Wildman–Crippen MR) is 107 cm³/mol. The SMILES string of the molecule is CC(C=CC1(O)C(C)=CC(=O)CC1(C)CO[C@@H]1O[C@H](CO)[C@@H](O)[C@H](O)[C@H]1O)=CC(=O)O. The van der Waals surface area contributed by atoms with Crippen LogP contribution in [0.15, 0.2) is 35.5 Å². The molecule has 6 N–H and O–H groups in total. The van der Waals surface area contributed by atoms with Crippen LogP contribution in [0.3, 0.4) is 0 Å². The molecular formula is C21H30O10. The number of carbonyl (C=O) groups is 2. The lowest BCUT2D eigenvalue weighted by Gasteiger charge is -2.47. The Hall–Kier alpha value is -1.92. The van der Waals surface area contributed by atoms with Gasteiger partial charge in [0.1, 0.15) is 30.0 Å². The highest BCUT2D eigenvalue weighted by atomic mass is 16.7. The van der Waals surface area contributed by atoms with Crippen LogP contribution in [-0.2, 0) is 19.1 Å². The molecule has 0 aromatic carbocycles. The maximum Gasteiger partial charge on any atom is 0.328 e. The van der Waals surface area contributed by atoms with Gasteiger partial charge in [-0.05, 0) is 37.1 Å². The second-order valence-corrected chi connectivity index (χ2v) is 8.37. The third-order valence-electron chi connectivity index (χ3n) is 5.82. The van der Waals surface area contributed by atoms with Crippen LogP contribution in [0.4, 0.5) is 0 Å². The van der Waals surface area contributed by atoms with E-state index in [2.05, 4.69) is 0 Å². The molecule has 31 heavy (non-hydrogen) atoms. The van der Waals surface area contributed by atoms with E-state index in [9.17, 15) is 35.1 Å². The Balaban J connectivity index is 2.29. The fraction of sp³-hybridized carbons (Fsp3) is 0.619. The van der Waals surface area contributed by atoms with E-state index in [4.69, 9.17) is 14.6 Å². The molecule has 2 aliphatic rings. The third kappa shape index (κ3) is 5.29. The van der Waals surface area contributed by atoms with Gasteiger partial charge in [-0.3, -0.25) is 4.79 Å². The van der Waals surface area contributed by atoms with Crippen molar-refractivity contribution < 1.29 is 49.7 Å². The molecule has 0 radical (unpaired) electrons. The Bertz CT molecular complexity index is 785. The zero-order valence-corrected chi connectivity index (χ0v) is 17.6. The number of rotatable bonds is 7. The molecule has 0 bridgehead atoms. The summed E-state index contributed by atoms with van der Waals surface area (Å²) in [5.41, 5.74) is -2.24. The summed E-state index contributed by atoms with van der Waals surface area (Å²) in [7, 11) is 0. The van der Waals surface area contributed by atoms with Gasteiger partial charge in [0.05, 0.1) is 13.2 Å². The van der Waals surface area contributed by atoms with Crippen molar-refractivity contribution in [1.82, 2.24) is 0 Å². The summed E-state index contributed by atoms with van der Waals surface area (Å²) in [6, 6.07) is 0. The normalized spacial score (nSPS) is 39.6.